The number of carbonyl (C=O) groups excluding carboxylic acids is 3. The monoisotopic (exact) mass is 505 g/mol. The summed E-state index contributed by atoms with van der Waals surface area (Å²) in [4.78, 5) is 41.3. The molecule has 1 aliphatic rings. The number of hydrogen-bond donors (Lipinski definition) is 3. The van der Waals surface area contributed by atoms with Gasteiger partial charge in [0.2, 0.25) is 11.8 Å². The number of rotatable bonds is 9. The van der Waals surface area contributed by atoms with Crippen LogP contribution in [0.5, 0.6) is 0 Å². The van der Waals surface area contributed by atoms with E-state index in [2.05, 4.69) is 16.6 Å². The van der Waals surface area contributed by atoms with Crippen molar-refractivity contribution in [3.05, 3.63) is 71.3 Å². The van der Waals surface area contributed by atoms with Gasteiger partial charge in [0.05, 0.1) is 6.61 Å². The van der Waals surface area contributed by atoms with Gasteiger partial charge in [0, 0.05) is 18.2 Å². The van der Waals surface area contributed by atoms with Gasteiger partial charge in [-0.05, 0) is 56.4 Å². The van der Waals surface area contributed by atoms with Gasteiger partial charge >= 0.3 is 6.09 Å². The van der Waals surface area contributed by atoms with Crippen LogP contribution in [-0.4, -0.2) is 52.2 Å². The van der Waals surface area contributed by atoms with E-state index in [0.29, 0.717) is 17.5 Å². The molecule has 0 aromatic heterocycles. The Morgan fingerprint density at radius 1 is 1.14 bits per heavy atom. The van der Waals surface area contributed by atoms with Gasteiger partial charge in [-0.3, -0.25) is 9.59 Å². The molecule has 2 aromatic carbocycles. The quantitative estimate of drug-likeness (QED) is 0.454. The summed E-state index contributed by atoms with van der Waals surface area (Å²) in [7, 11) is 0. The van der Waals surface area contributed by atoms with Crippen molar-refractivity contribution < 1.29 is 24.2 Å². The Morgan fingerprint density at radius 3 is 2.27 bits per heavy atom. The molecule has 1 aliphatic carbocycles. The highest BCUT2D eigenvalue weighted by Crippen LogP contribution is 2.40. The zero-order valence-electron chi connectivity index (χ0n) is 21.7. The van der Waals surface area contributed by atoms with Crippen LogP contribution in [-0.2, 0) is 20.9 Å². The van der Waals surface area contributed by atoms with E-state index in [1.807, 2.05) is 37.3 Å². The molecule has 3 rings (SSSR count). The molecule has 8 nitrogen and oxygen atoms in total. The second-order valence-corrected chi connectivity index (χ2v) is 10.3. The fraction of sp³-hybridized carbons (Fsp3) is 0.414. The first kappa shape index (κ1) is 27.8. The van der Waals surface area contributed by atoms with E-state index in [9.17, 15) is 19.5 Å². The third-order valence-corrected chi connectivity index (χ3v) is 6.08. The van der Waals surface area contributed by atoms with Crippen LogP contribution >= 0.6 is 0 Å². The molecule has 2 aromatic rings. The minimum atomic E-state index is -1.28. The van der Waals surface area contributed by atoms with Crippen LogP contribution in [0, 0.1) is 18.3 Å². The molecule has 4 unspecified atom stereocenters. The molecule has 37 heavy (non-hydrogen) atoms. The third-order valence-electron chi connectivity index (χ3n) is 6.08. The molecule has 0 radical (unpaired) electrons. The van der Waals surface area contributed by atoms with Crippen LogP contribution in [0.1, 0.15) is 56.8 Å². The Bertz CT molecular complexity index is 1130. The van der Waals surface area contributed by atoms with Crippen molar-refractivity contribution in [2.24, 2.45) is 5.92 Å². The van der Waals surface area contributed by atoms with Gasteiger partial charge in [0.15, 0.2) is 0 Å². The Labute approximate surface area is 218 Å². The lowest BCUT2D eigenvalue weighted by Gasteiger charge is -2.34. The minimum Gasteiger partial charge on any atom is -0.444 e. The maximum atomic E-state index is 13.8. The van der Waals surface area contributed by atoms with Crippen molar-refractivity contribution in [3.63, 3.8) is 0 Å². The van der Waals surface area contributed by atoms with E-state index >= 15 is 0 Å². The van der Waals surface area contributed by atoms with Crippen LogP contribution in [0.4, 0.5) is 4.79 Å². The molecule has 1 fully saturated rings. The first-order valence-corrected chi connectivity index (χ1v) is 12.3. The van der Waals surface area contributed by atoms with Crippen molar-refractivity contribution in [1.82, 2.24) is 15.5 Å². The zero-order valence-corrected chi connectivity index (χ0v) is 21.7. The first-order valence-electron chi connectivity index (χ1n) is 12.3. The van der Waals surface area contributed by atoms with E-state index in [4.69, 9.17) is 11.2 Å². The van der Waals surface area contributed by atoms with Crippen molar-refractivity contribution in [3.8, 4) is 12.3 Å². The maximum Gasteiger partial charge on any atom is 0.408 e. The lowest BCUT2D eigenvalue weighted by atomic mass is 10.0. The number of terminal acetylenes is 1. The largest absolute Gasteiger partial charge is 0.444 e. The van der Waals surface area contributed by atoms with Gasteiger partial charge < -0.3 is 25.4 Å². The van der Waals surface area contributed by atoms with Crippen molar-refractivity contribution >= 4 is 17.9 Å². The summed E-state index contributed by atoms with van der Waals surface area (Å²) >= 11 is 0. The predicted molar refractivity (Wildman–Crippen MR) is 140 cm³/mol. The number of aliphatic hydroxyl groups is 1. The molecule has 0 spiro atoms. The van der Waals surface area contributed by atoms with Crippen LogP contribution in [0.2, 0.25) is 0 Å². The van der Waals surface area contributed by atoms with Crippen molar-refractivity contribution in [2.75, 3.05) is 6.61 Å². The van der Waals surface area contributed by atoms with Crippen molar-refractivity contribution in [2.45, 2.75) is 64.4 Å². The molecule has 0 bridgehead atoms. The molecule has 0 heterocycles. The summed E-state index contributed by atoms with van der Waals surface area (Å²) < 4.78 is 5.27. The average molecular weight is 506 g/mol. The van der Waals surface area contributed by atoms with Gasteiger partial charge in [-0.1, -0.05) is 55.3 Å². The number of amides is 3. The minimum absolute atomic E-state index is 0.152. The fourth-order valence-electron chi connectivity index (χ4n) is 4.07. The second kappa shape index (κ2) is 11.9. The van der Waals surface area contributed by atoms with E-state index in [-0.39, 0.29) is 24.4 Å². The highest BCUT2D eigenvalue weighted by atomic mass is 16.6. The van der Waals surface area contributed by atoms with Gasteiger partial charge in [-0.15, -0.1) is 6.42 Å². The number of nitrogens with one attached hydrogen (secondary N) is 2. The molecule has 0 aliphatic heterocycles. The topological polar surface area (TPSA) is 108 Å². The normalized spacial score (nSPS) is 18.1. The predicted octanol–water partition coefficient (Wildman–Crippen LogP) is 3.15. The maximum absolute atomic E-state index is 13.8. The lowest BCUT2D eigenvalue weighted by molar-refractivity contribution is -0.144. The van der Waals surface area contributed by atoms with Gasteiger partial charge in [-0.2, -0.15) is 0 Å². The number of carbonyl (C=O) groups is 3. The molecule has 1 saturated carbocycles. The van der Waals surface area contributed by atoms with Crippen LogP contribution in [0.15, 0.2) is 54.6 Å². The van der Waals surface area contributed by atoms with Crippen LogP contribution < -0.4 is 10.6 Å². The number of aliphatic hydroxyl groups excluding tert-OH is 1. The SMILES string of the molecule is C#Cc1ccc(C(C(=O)NCc2ccccc2)N(C(=O)C(CO)NC(=O)OC(C)(C)C)C2CC2C)cc1. The molecule has 0 saturated heterocycles. The summed E-state index contributed by atoms with van der Waals surface area (Å²) in [6, 6.07) is 13.8. The second-order valence-electron chi connectivity index (χ2n) is 10.3. The summed E-state index contributed by atoms with van der Waals surface area (Å²) in [6.07, 6.45) is 5.38. The number of nitrogens with zero attached hydrogens (tertiary/aromatic N) is 1. The van der Waals surface area contributed by atoms with E-state index in [1.165, 1.54) is 4.90 Å². The Kier molecular flexibility index (Phi) is 8.95. The Morgan fingerprint density at radius 2 is 1.76 bits per heavy atom. The summed E-state index contributed by atoms with van der Waals surface area (Å²) in [5, 5.41) is 15.4. The van der Waals surface area contributed by atoms with Crippen molar-refractivity contribution in [1.29, 1.82) is 0 Å². The number of benzene rings is 2. The van der Waals surface area contributed by atoms with E-state index in [1.54, 1.807) is 45.0 Å². The molecule has 196 valence electrons. The number of ether oxygens (including phenoxy) is 1. The molecular weight excluding hydrogens is 470 g/mol. The Hall–Kier alpha value is -3.83. The first-order chi connectivity index (χ1) is 17.5. The average Bonchev–Trinajstić information content (AvgIpc) is 3.59. The molecule has 8 heteroatoms. The highest BCUT2D eigenvalue weighted by molar-refractivity contribution is 5.92. The Balaban J connectivity index is 1.93. The molecule has 3 amide bonds. The van der Waals surface area contributed by atoms with Gasteiger partial charge in [0.25, 0.3) is 0 Å². The molecule has 3 N–H and O–H groups in total. The third kappa shape index (κ3) is 7.58. The van der Waals surface area contributed by atoms with Gasteiger partial charge in [-0.25, -0.2) is 4.79 Å². The van der Waals surface area contributed by atoms with Gasteiger partial charge in [0.1, 0.15) is 17.7 Å². The van der Waals surface area contributed by atoms with E-state index in [0.717, 1.165) is 5.56 Å². The fourth-order valence-corrected chi connectivity index (χ4v) is 4.07. The van der Waals surface area contributed by atoms with Crippen LogP contribution in [0.3, 0.4) is 0 Å². The lowest BCUT2D eigenvalue weighted by Crippen LogP contribution is -2.55. The number of hydrogen-bond acceptors (Lipinski definition) is 5. The molecular formula is C29H35N3O5. The highest BCUT2D eigenvalue weighted by Gasteiger charge is 2.48. The number of alkyl carbamates (subject to hydrolysis) is 1. The zero-order chi connectivity index (χ0) is 27.2. The standard InChI is InChI=1S/C29H35N3O5/c1-6-20-12-14-22(15-13-20)25(26(34)30-17-21-10-8-7-9-11-21)32(24-16-19(24)2)27(35)23(18-33)31-28(36)37-29(3,4)5/h1,7-15,19,23-25,33H,16-18H2,2-5H3,(H,30,34)(H,31,36). The summed E-state index contributed by atoms with van der Waals surface area (Å²) in [5.41, 5.74) is 1.35. The molecule has 4 atom stereocenters. The van der Waals surface area contributed by atoms with E-state index < -0.39 is 36.3 Å². The summed E-state index contributed by atoms with van der Waals surface area (Å²) in [5.74, 6) is 1.76. The smallest absolute Gasteiger partial charge is 0.408 e. The van der Waals surface area contributed by atoms with Crippen LogP contribution in [0.25, 0.3) is 0 Å². The summed E-state index contributed by atoms with van der Waals surface area (Å²) in [6.45, 7) is 6.72.